The maximum atomic E-state index is 13.0. The fourth-order valence-corrected chi connectivity index (χ4v) is 3.18. The molecule has 1 saturated carbocycles. The van der Waals surface area contributed by atoms with Gasteiger partial charge in [0.1, 0.15) is 5.75 Å². The molecule has 2 N–H and O–H groups in total. The van der Waals surface area contributed by atoms with E-state index in [1.54, 1.807) is 4.90 Å². The maximum absolute atomic E-state index is 13.0. The fourth-order valence-electron chi connectivity index (χ4n) is 2.89. The van der Waals surface area contributed by atoms with Gasteiger partial charge in [0.15, 0.2) is 0 Å². The molecule has 0 spiro atoms. The molecule has 0 saturated heterocycles. The van der Waals surface area contributed by atoms with Crippen molar-refractivity contribution in [3.05, 3.63) is 24.3 Å². The van der Waals surface area contributed by atoms with Gasteiger partial charge in [-0.2, -0.15) is 0 Å². The van der Waals surface area contributed by atoms with Crippen molar-refractivity contribution in [3.8, 4) is 5.75 Å². The van der Waals surface area contributed by atoms with E-state index >= 15 is 0 Å². The van der Waals surface area contributed by atoms with E-state index in [-0.39, 0.29) is 5.91 Å². The summed E-state index contributed by atoms with van der Waals surface area (Å²) < 4.78 is 5.70. The molecule has 0 unspecified atom stereocenters. The van der Waals surface area contributed by atoms with E-state index in [2.05, 4.69) is 0 Å². The van der Waals surface area contributed by atoms with Crippen LogP contribution >= 0.6 is 12.2 Å². The van der Waals surface area contributed by atoms with Crippen molar-refractivity contribution in [3.63, 3.8) is 0 Å². The number of para-hydroxylation sites is 2. The van der Waals surface area contributed by atoms with E-state index in [9.17, 15) is 4.79 Å². The van der Waals surface area contributed by atoms with Crippen LogP contribution in [0.25, 0.3) is 0 Å². The average molecular weight is 290 g/mol. The number of amides is 1. The zero-order chi connectivity index (χ0) is 14.2. The second kappa shape index (κ2) is 5.05. The first-order chi connectivity index (χ1) is 9.65. The van der Waals surface area contributed by atoms with Gasteiger partial charge < -0.3 is 15.4 Å². The van der Waals surface area contributed by atoms with Gasteiger partial charge in [-0.05, 0) is 31.4 Å². The summed E-state index contributed by atoms with van der Waals surface area (Å²) in [6.45, 7) is 1.28. The average Bonchev–Trinajstić information content (AvgIpc) is 2.58. The molecule has 0 radical (unpaired) electrons. The molecule has 106 valence electrons. The second-order valence-corrected chi connectivity index (χ2v) is 5.87. The molecule has 1 aliphatic heterocycles. The number of rotatable bonds is 2. The van der Waals surface area contributed by atoms with Crippen LogP contribution in [0.5, 0.6) is 5.75 Å². The van der Waals surface area contributed by atoms with Crippen LogP contribution in [0.15, 0.2) is 24.3 Å². The predicted octanol–water partition coefficient (Wildman–Crippen LogP) is 2.26. The molecule has 5 heteroatoms. The zero-order valence-corrected chi connectivity index (χ0v) is 12.1. The van der Waals surface area contributed by atoms with Crippen LogP contribution in [0.4, 0.5) is 5.69 Å². The van der Waals surface area contributed by atoms with Crippen molar-refractivity contribution in [1.82, 2.24) is 0 Å². The smallest absolute Gasteiger partial charge is 0.240 e. The number of anilines is 1. The Morgan fingerprint density at radius 3 is 2.70 bits per heavy atom. The Labute approximate surface area is 123 Å². The minimum absolute atomic E-state index is 0.0363. The Bertz CT molecular complexity index is 555. The molecule has 1 aromatic rings. The fraction of sp³-hybridized carbons (Fsp3) is 0.467. The summed E-state index contributed by atoms with van der Waals surface area (Å²) in [5.74, 6) is 0.796. The predicted molar refractivity (Wildman–Crippen MR) is 82.0 cm³/mol. The monoisotopic (exact) mass is 290 g/mol. The van der Waals surface area contributed by atoms with Crippen molar-refractivity contribution in [1.29, 1.82) is 0 Å². The molecule has 1 amide bonds. The summed E-state index contributed by atoms with van der Waals surface area (Å²) in [7, 11) is 0. The van der Waals surface area contributed by atoms with Crippen LogP contribution in [0.3, 0.4) is 0 Å². The first kappa shape index (κ1) is 13.4. The molecule has 0 atom stereocenters. The lowest BCUT2D eigenvalue weighted by Gasteiger charge is -2.42. The van der Waals surface area contributed by atoms with Crippen LogP contribution in [0, 0.1) is 5.41 Å². The van der Waals surface area contributed by atoms with Crippen LogP contribution in [-0.4, -0.2) is 24.0 Å². The van der Waals surface area contributed by atoms with Crippen molar-refractivity contribution in [2.75, 3.05) is 18.1 Å². The standard InChI is InChI=1S/C15H18N2O2S/c16-13(20)15(7-3-8-15)14(18)17-9-4-10-19-12-6-2-1-5-11(12)17/h1-2,5-6H,3-4,7-10H2,(H2,16,20). The number of carbonyl (C=O) groups is 1. The first-order valence-electron chi connectivity index (χ1n) is 6.99. The molecule has 0 aromatic heterocycles. The maximum Gasteiger partial charge on any atom is 0.240 e. The Hall–Kier alpha value is -1.62. The second-order valence-electron chi connectivity index (χ2n) is 5.43. The summed E-state index contributed by atoms with van der Waals surface area (Å²) >= 11 is 5.16. The third-order valence-electron chi connectivity index (χ3n) is 4.27. The van der Waals surface area contributed by atoms with Gasteiger partial charge in [0.25, 0.3) is 0 Å². The number of nitrogens with zero attached hydrogens (tertiary/aromatic N) is 1. The van der Waals surface area contributed by atoms with Gasteiger partial charge in [-0.15, -0.1) is 0 Å². The lowest BCUT2D eigenvalue weighted by Crippen LogP contribution is -2.54. The number of nitrogens with two attached hydrogens (primary N) is 1. The molecule has 1 aliphatic carbocycles. The van der Waals surface area contributed by atoms with Crippen LogP contribution < -0.4 is 15.4 Å². The number of carbonyl (C=O) groups excluding carboxylic acids is 1. The molecular formula is C15H18N2O2S. The molecule has 1 heterocycles. The molecule has 4 nitrogen and oxygen atoms in total. The van der Waals surface area contributed by atoms with E-state index in [1.165, 1.54) is 0 Å². The van der Waals surface area contributed by atoms with E-state index < -0.39 is 5.41 Å². The summed E-state index contributed by atoms with van der Waals surface area (Å²) in [6.07, 6.45) is 3.35. The zero-order valence-electron chi connectivity index (χ0n) is 11.3. The number of hydrogen-bond acceptors (Lipinski definition) is 3. The minimum atomic E-state index is -0.632. The number of fused-ring (bicyclic) bond motifs is 1. The van der Waals surface area contributed by atoms with Crippen molar-refractivity contribution < 1.29 is 9.53 Å². The van der Waals surface area contributed by atoms with Crippen molar-refractivity contribution >= 4 is 28.8 Å². The summed E-state index contributed by atoms with van der Waals surface area (Å²) in [4.78, 5) is 15.1. The van der Waals surface area contributed by atoms with Crippen molar-refractivity contribution in [2.45, 2.75) is 25.7 Å². The number of thiocarbonyl (C=S) groups is 1. The van der Waals surface area contributed by atoms with Crippen LogP contribution in [-0.2, 0) is 4.79 Å². The minimum Gasteiger partial charge on any atom is -0.491 e. The summed E-state index contributed by atoms with van der Waals surface area (Å²) in [6, 6.07) is 7.65. The van der Waals surface area contributed by atoms with Crippen LogP contribution in [0.2, 0.25) is 0 Å². The summed E-state index contributed by atoms with van der Waals surface area (Å²) in [5, 5.41) is 0. The van der Waals surface area contributed by atoms with E-state index in [0.29, 0.717) is 18.1 Å². The van der Waals surface area contributed by atoms with Crippen molar-refractivity contribution in [2.24, 2.45) is 11.1 Å². The highest BCUT2D eigenvalue weighted by atomic mass is 32.1. The Morgan fingerprint density at radius 2 is 2.05 bits per heavy atom. The third-order valence-corrected chi connectivity index (χ3v) is 4.66. The van der Waals surface area contributed by atoms with Gasteiger partial charge >= 0.3 is 0 Å². The molecule has 1 aromatic carbocycles. The highest BCUT2D eigenvalue weighted by molar-refractivity contribution is 7.80. The largest absolute Gasteiger partial charge is 0.491 e. The SMILES string of the molecule is NC(=S)C1(C(=O)N2CCCOc3ccccc32)CCC1. The molecule has 20 heavy (non-hydrogen) atoms. The third kappa shape index (κ3) is 1.97. The summed E-state index contributed by atoms with van der Waals surface area (Å²) in [5.41, 5.74) is 6.05. The van der Waals surface area contributed by atoms with Crippen LogP contribution in [0.1, 0.15) is 25.7 Å². The van der Waals surface area contributed by atoms with E-state index in [1.807, 2.05) is 24.3 Å². The lowest BCUT2D eigenvalue weighted by atomic mass is 9.67. The number of benzene rings is 1. The highest BCUT2D eigenvalue weighted by Gasteiger charge is 2.49. The Kier molecular flexibility index (Phi) is 3.38. The van der Waals surface area contributed by atoms with E-state index in [4.69, 9.17) is 22.7 Å². The topological polar surface area (TPSA) is 55.6 Å². The number of ether oxygens (including phenoxy) is 1. The quantitative estimate of drug-likeness (QED) is 0.849. The van der Waals surface area contributed by atoms with Gasteiger partial charge in [-0.25, -0.2) is 0 Å². The van der Waals surface area contributed by atoms with E-state index in [0.717, 1.165) is 37.1 Å². The van der Waals surface area contributed by atoms with Gasteiger partial charge in [0, 0.05) is 6.54 Å². The number of hydrogen-bond donors (Lipinski definition) is 1. The van der Waals surface area contributed by atoms with Gasteiger partial charge in [-0.3, -0.25) is 4.79 Å². The lowest BCUT2D eigenvalue weighted by molar-refractivity contribution is -0.128. The first-order valence-corrected chi connectivity index (χ1v) is 7.40. The Morgan fingerprint density at radius 1 is 1.30 bits per heavy atom. The molecule has 2 aliphatic rings. The normalized spacial score (nSPS) is 20.1. The highest BCUT2D eigenvalue weighted by Crippen LogP contribution is 2.45. The Balaban J connectivity index is 1.97. The molecular weight excluding hydrogens is 272 g/mol. The molecule has 3 rings (SSSR count). The van der Waals surface area contributed by atoms with Gasteiger partial charge in [0.2, 0.25) is 5.91 Å². The van der Waals surface area contributed by atoms with Gasteiger partial charge in [0.05, 0.1) is 22.7 Å². The molecule has 1 fully saturated rings. The molecule has 0 bridgehead atoms. The van der Waals surface area contributed by atoms with Gasteiger partial charge in [-0.1, -0.05) is 30.8 Å².